The molecule has 4 nitrogen and oxygen atoms in total. The van der Waals surface area contributed by atoms with Crippen LogP contribution in [0.5, 0.6) is 0 Å². The van der Waals surface area contributed by atoms with Gasteiger partial charge in [0.1, 0.15) is 0 Å². The fourth-order valence-electron chi connectivity index (χ4n) is 3.51. The number of hydrogen-bond acceptors (Lipinski definition) is 4. The summed E-state index contributed by atoms with van der Waals surface area (Å²) in [4.78, 5) is 14.3. The third-order valence-corrected chi connectivity index (χ3v) is 4.72. The van der Waals surface area contributed by atoms with Gasteiger partial charge in [-0.05, 0) is 56.3 Å². The van der Waals surface area contributed by atoms with E-state index >= 15 is 0 Å². The molecule has 120 valence electrons. The molecule has 0 amide bonds. The number of carbonyl (C=O) groups is 1. The maximum atomic E-state index is 11.9. The Hall–Kier alpha value is -1.55. The number of nitrogens with zero attached hydrogens (tertiary/aromatic N) is 1. The third kappa shape index (κ3) is 3.61. The highest BCUT2D eigenvalue weighted by Crippen LogP contribution is 2.24. The second kappa shape index (κ2) is 7.14. The van der Waals surface area contributed by atoms with E-state index in [2.05, 4.69) is 28.4 Å². The van der Waals surface area contributed by atoms with Crippen molar-refractivity contribution >= 4 is 11.7 Å². The molecule has 1 unspecified atom stereocenters. The van der Waals surface area contributed by atoms with Gasteiger partial charge in [0.2, 0.25) is 0 Å². The number of ether oxygens (including phenoxy) is 1. The Kier molecular flexibility index (Phi) is 4.98. The zero-order valence-electron chi connectivity index (χ0n) is 13.4. The summed E-state index contributed by atoms with van der Waals surface area (Å²) >= 11 is 0. The minimum Gasteiger partial charge on any atom is -0.466 e. The Morgan fingerprint density at radius 1 is 1.45 bits per heavy atom. The van der Waals surface area contributed by atoms with Crippen LogP contribution in [0.15, 0.2) is 18.2 Å². The second-order valence-electron chi connectivity index (χ2n) is 6.31. The van der Waals surface area contributed by atoms with E-state index in [-0.39, 0.29) is 11.9 Å². The zero-order valence-corrected chi connectivity index (χ0v) is 13.4. The van der Waals surface area contributed by atoms with Crippen LogP contribution >= 0.6 is 0 Å². The number of carbonyl (C=O) groups excluding carboxylic acids is 1. The molecule has 0 saturated carbocycles. The summed E-state index contributed by atoms with van der Waals surface area (Å²) in [6, 6.07) is 6.77. The number of benzene rings is 1. The number of fused-ring (bicyclic) bond motifs is 1. The van der Waals surface area contributed by atoms with Crippen LogP contribution < -0.4 is 5.32 Å². The molecule has 0 aliphatic carbocycles. The summed E-state index contributed by atoms with van der Waals surface area (Å²) in [5.41, 5.74) is 4.14. The van der Waals surface area contributed by atoms with E-state index in [0.29, 0.717) is 6.61 Å². The van der Waals surface area contributed by atoms with Crippen LogP contribution in [0.1, 0.15) is 30.9 Å². The molecule has 2 aliphatic heterocycles. The lowest BCUT2D eigenvalue weighted by Crippen LogP contribution is -2.40. The molecule has 0 bridgehead atoms. The van der Waals surface area contributed by atoms with Crippen molar-refractivity contribution in [2.24, 2.45) is 5.92 Å². The third-order valence-electron chi connectivity index (χ3n) is 4.72. The predicted octanol–water partition coefficient (Wildman–Crippen LogP) is 2.47. The molecule has 4 heteroatoms. The van der Waals surface area contributed by atoms with Crippen LogP contribution in [0, 0.1) is 5.92 Å². The van der Waals surface area contributed by atoms with Gasteiger partial charge in [-0.3, -0.25) is 4.79 Å². The lowest BCUT2D eigenvalue weighted by atomic mass is 9.97. The number of nitrogens with one attached hydrogen (secondary N) is 1. The number of hydrogen-bond donors (Lipinski definition) is 1. The summed E-state index contributed by atoms with van der Waals surface area (Å²) in [7, 11) is 0. The summed E-state index contributed by atoms with van der Waals surface area (Å²) < 4.78 is 5.17. The van der Waals surface area contributed by atoms with Crippen LogP contribution in [-0.4, -0.2) is 43.7 Å². The molecule has 1 N–H and O–H groups in total. The molecule has 0 aromatic heterocycles. The monoisotopic (exact) mass is 302 g/mol. The molecule has 1 aromatic carbocycles. The van der Waals surface area contributed by atoms with Crippen LogP contribution in [0.25, 0.3) is 0 Å². The molecule has 0 spiro atoms. The van der Waals surface area contributed by atoms with E-state index in [1.54, 1.807) is 0 Å². The van der Waals surface area contributed by atoms with Crippen molar-refractivity contribution in [3.8, 4) is 0 Å². The minimum atomic E-state index is -0.0178. The standard InChI is InChI=1S/C18H26N2O2/c1-2-22-18(21)16-4-3-10-20(13-16)11-8-14-5-6-17-15(12-14)7-9-19-17/h5-6,12,16,19H,2-4,7-11,13H2,1H3. The Labute approximate surface area is 132 Å². The first-order chi connectivity index (χ1) is 10.8. The van der Waals surface area contributed by atoms with Gasteiger partial charge in [0.25, 0.3) is 0 Å². The van der Waals surface area contributed by atoms with E-state index in [4.69, 9.17) is 4.74 Å². The lowest BCUT2D eigenvalue weighted by Gasteiger charge is -2.31. The van der Waals surface area contributed by atoms with Gasteiger partial charge in [-0.15, -0.1) is 0 Å². The van der Waals surface area contributed by atoms with Crippen molar-refractivity contribution in [3.63, 3.8) is 0 Å². The maximum Gasteiger partial charge on any atom is 0.310 e. The summed E-state index contributed by atoms with van der Waals surface area (Å²) in [5.74, 6) is 0.0497. The van der Waals surface area contributed by atoms with Gasteiger partial charge in [-0.1, -0.05) is 12.1 Å². The van der Waals surface area contributed by atoms with Gasteiger partial charge < -0.3 is 15.0 Å². The molecule has 1 saturated heterocycles. The van der Waals surface area contributed by atoms with Gasteiger partial charge in [-0.2, -0.15) is 0 Å². The van der Waals surface area contributed by atoms with Gasteiger partial charge in [0.05, 0.1) is 12.5 Å². The SMILES string of the molecule is CCOC(=O)C1CCCN(CCc2ccc3c(c2)CCN3)C1. The molecule has 1 fully saturated rings. The van der Waals surface area contributed by atoms with Crippen LogP contribution in [-0.2, 0) is 22.4 Å². The second-order valence-corrected chi connectivity index (χ2v) is 6.31. The Balaban J connectivity index is 1.51. The normalized spacial score (nSPS) is 21.2. The van der Waals surface area contributed by atoms with Gasteiger partial charge >= 0.3 is 5.97 Å². The molecular formula is C18H26N2O2. The first kappa shape index (κ1) is 15.3. The number of esters is 1. The Morgan fingerprint density at radius 2 is 2.36 bits per heavy atom. The number of piperidine rings is 1. The molecule has 1 atom stereocenters. The molecule has 0 radical (unpaired) electrons. The Bertz CT molecular complexity index is 530. The van der Waals surface area contributed by atoms with Gasteiger partial charge in [-0.25, -0.2) is 0 Å². The van der Waals surface area contributed by atoms with E-state index in [0.717, 1.165) is 51.9 Å². The first-order valence-corrected chi connectivity index (χ1v) is 8.51. The quantitative estimate of drug-likeness (QED) is 0.849. The largest absolute Gasteiger partial charge is 0.466 e. The molecule has 2 aliphatic rings. The average Bonchev–Trinajstić information content (AvgIpc) is 3.01. The predicted molar refractivity (Wildman–Crippen MR) is 88.1 cm³/mol. The highest BCUT2D eigenvalue weighted by molar-refractivity contribution is 5.72. The average molecular weight is 302 g/mol. The highest BCUT2D eigenvalue weighted by atomic mass is 16.5. The topological polar surface area (TPSA) is 41.6 Å². The number of rotatable bonds is 5. The van der Waals surface area contributed by atoms with E-state index in [1.165, 1.54) is 16.8 Å². The van der Waals surface area contributed by atoms with E-state index in [9.17, 15) is 4.79 Å². The van der Waals surface area contributed by atoms with Crippen molar-refractivity contribution in [2.75, 3.05) is 38.1 Å². The van der Waals surface area contributed by atoms with E-state index in [1.807, 2.05) is 6.92 Å². The van der Waals surface area contributed by atoms with Crippen LogP contribution in [0.4, 0.5) is 5.69 Å². The molecule has 22 heavy (non-hydrogen) atoms. The summed E-state index contributed by atoms with van der Waals surface area (Å²) in [5, 5.41) is 3.40. The van der Waals surface area contributed by atoms with Crippen LogP contribution in [0.2, 0.25) is 0 Å². The molecule has 3 rings (SSSR count). The first-order valence-electron chi connectivity index (χ1n) is 8.51. The van der Waals surface area contributed by atoms with Crippen LogP contribution in [0.3, 0.4) is 0 Å². The zero-order chi connectivity index (χ0) is 15.4. The Morgan fingerprint density at radius 3 is 3.23 bits per heavy atom. The van der Waals surface area contributed by atoms with Crippen molar-refractivity contribution in [1.29, 1.82) is 0 Å². The van der Waals surface area contributed by atoms with Crippen molar-refractivity contribution in [3.05, 3.63) is 29.3 Å². The van der Waals surface area contributed by atoms with Crippen molar-refractivity contribution in [1.82, 2.24) is 4.90 Å². The fraction of sp³-hybridized carbons (Fsp3) is 0.611. The number of likely N-dealkylation sites (tertiary alicyclic amines) is 1. The molecular weight excluding hydrogens is 276 g/mol. The minimum absolute atomic E-state index is 0.0178. The number of anilines is 1. The van der Waals surface area contributed by atoms with Crippen molar-refractivity contribution < 1.29 is 9.53 Å². The summed E-state index contributed by atoms with van der Waals surface area (Å²) in [6.07, 6.45) is 4.26. The van der Waals surface area contributed by atoms with Gasteiger partial charge in [0, 0.05) is 25.3 Å². The molecule has 1 aromatic rings. The van der Waals surface area contributed by atoms with Crippen molar-refractivity contribution in [2.45, 2.75) is 32.6 Å². The van der Waals surface area contributed by atoms with E-state index < -0.39 is 0 Å². The summed E-state index contributed by atoms with van der Waals surface area (Å²) in [6.45, 7) is 6.40. The highest BCUT2D eigenvalue weighted by Gasteiger charge is 2.26. The molecule has 2 heterocycles. The smallest absolute Gasteiger partial charge is 0.310 e. The lowest BCUT2D eigenvalue weighted by molar-refractivity contribution is -0.149. The van der Waals surface area contributed by atoms with Gasteiger partial charge in [0.15, 0.2) is 0 Å². The maximum absolute atomic E-state index is 11.9. The fourth-order valence-corrected chi connectivity index (χ4v) is 3.51.